The first-order valence-corrected chi connectivity index (χ1v) is 9.52. The van der Waals surface area contributed by atoms with Crippen molar-refractivity contribution in [3.63, 3.8) is 0 Å². The lowest BCUT2D eigenvalue weighted by atomic mass is 9.78. The fraction of sp³-hybridized carbons (Fsp3) is 0.550. The molecule has 2 aliphatic rings. The van der Waals surface area contributed by atoms with Crippen LogP contribution in [0.2, 0.25) is 0 Å². The molecule has 1 saturated carbocycles. The quantitative estimate of drug-likeness (QED) is 0.772. The van der Waals surface area contributed by atoms with Gasteiger partial charge in [-0.05, 0) is 43.4 Å². The summed E-state index contributed by atoms with van der Waals surface area (Å²) in [5.74, 6) is -1.99. The minimum absolute atomic E-state index is 0.0101. The maximum atomic E-state index is 14.2. The Morgan fingerprint density at radius 3 is 2.71 bits per heavy atom. The Morgan fingerprint density at radius 2 is 2.00 bits per heavy atom. The van der Waals surface area contributed by atoms with Gasteiger partial charge < -0.3 is 10.6 Å². The van der Waals surface area contributed by atoms with Crippen molar-refractivity contribution in [2.45, 2.75) is 51.6 Å². The van der Waals surface area contributed by atoms with Gasteiger partial charge in [-0.3, -0.25) is 14.5 Å². The average Bonchev–Trinajstić information content (AvgIpc) is 2.85. The van der Waals surface area contributed by atoms with E-state index in [0.29, 0.717) is 11.8 Å². The number of nitrogens with zero attached hydrogens (tertiary/aromatic N) is 1. The third-order valence-corrected chi connectivity index (χ3v) is 6.10. The minimum Gasteiger partial charge on any atom is -0.352 e. The van der Waals surface area contributed by atoms with E-state index in [9.17, 15) is 23.2 Å². The number of imide groups is 1. The second kappa shape index (κ2) is 7.48. The van der Waals surface area contributed by atoms with E-state index in [1.165, 1.54) is 6.92 Å². The minimum atomic E-state index is -1.77. The number of amides is 4. The molecule has 2 N–H and O–H groups in total. The van der Waals surface area contributed by atoms with Crippen molar-refractivity contribution in [3.05, 3.63) is 35.4 Å². The second-order valence-corrected chi connectivity index (χ2v) is 8.01. The van der Waals surface area contributed by atoms with Gasteiger partial charge in [0, 0.05) is 11.6 Å². The Labute approximate surface area is 162 Å². The van der Waals surface area contributed by atoms with Crippen LogP contribution in [-0.2, 0) is 15.1 Å². The number of hydrogen-bond donors (Lipinski definition) is 2. The molecule has 0 aromatic heterocycles. The SMILES string of the molecule is C[C@H]1[C@H](C)CCC[C@@H]1NC(=O)CN1C(=O)N[C@@](C)(c2cc(F)ccc2F)C1=O. The van der Waals surface area contributed by atoms with Gasteiger partial charge >= 0.3 is 6.03 Å². The van der Waals surface area contributed by atoms with Crippen LogP contribution < -0.4 is 10.6 Å². The van der Waals surface area contributed by atoms with Crippen LogP contribution in [0.25, 0.3) is 0 Å². The molecule has 8 heteroatoms. The number of urea groups is 1. The third-order valence-electron chi connectivity index (χ3n) is 6.10. The molecule has 0 spiro atoms. The van der Waals surface area contributed by atoms with Crippen LogP contribution in [-0.4, -0.2) is 35.3 Å². The van der Waals surface area contributed by atoms with Crippen molar-refractivity contribution in [2.24, 2.45) is 11.8 Å². The lowest BCUT2D eigenvalue weighted by Gasteiger charge is -2.34. The summed E-state index contributed by atoms with van der Waals surface area (Å²) in [6.45, 7) is 5.05. The fourth-order valence-electron chi connectivity index (χ4n) is 4.09. The third kappa shape index (κ3) is 3.59. The number of carbonyl (C=O) groups is 3. The predicted molar refractivity (Wildman–Crippen MR) is 98.1 cm³/mol. The van der Waals surface area contributed by atoms with Crippen molar-refractivity contribution in [2.75, 3.05) is 6.54 Å². The van der Waals surface area contributed by atoms with E-state index in [-0.39, 0.29) is 11.6 Å². The highest BCUT2D eigenvalue weighted by molar-refractivity contribution is 6.09. The average molecular weight is 393 g/mol. The molecule has 0 bridgehead atoms. The molecule has 4 atom stereocenters. The molecule has 0 unspecified atom stereocenters. The number of halogens is 2. The van der Waals surface area contributed by atoms with Crippen molar-refractivity contribution in [1.82, 2.24) is 15.5 Å². The summed E-state index contributed by atoms with van der Waals surface area (Å²) in [5.41, 5.74) is -2.04. The Bertz CT molecular complexity index is 816. The number of carbonyl (C=O) groups excluding carboxylic acids is 3. The summed E-state index contributed by atoms with van der Waals surface area (Å²) in [6.07, 6.45) is 2.97. The number of nitrogens with one attached hydrogen (secondary N) is 2. The van der Waals surface area contributed by atoms with E-state index in [1.807, 2.05) is 0 Å². The Kier molecular flexibility index (Phi) is 5.41. The lowest BCUT2D eigenvalue weighted by Crippen LogP contribution is -2.49. The van der Waals surface area contributed by atoms with Crippen LogP contribution in [0, 0.1) is 23.5 Å². The van der Waals surface area contributed by atoms with Crippen LogP contribution in [0.5, 0.6) is 0 Å². The normalized spacial score (nSPS) is 30.3. The molecular formula is C20H25F2N3O3. The molecule has 1 aromatic rings. The molecule has 152 valence electrons. The fourth-order valence-corrected chi connectivity index (χ4v) is 4.09. The highest BCUT2D eigenvalue weighted by Crippen LogP contribution is 2.32. The highest BCUT2D eigenvalue weighted by atomic mass is 19.1. The molecule has 1 saturated heterocycles. The van der Waals surface area contributed by atoms with Crippen LogP contribution in [0.15, 0.2) is 18.2 Å². The molecule has 1 aliphatic heterocycles. The molecule has 0 radical (unpaired) electrons. The van der Waals surface area contributed by atoms with Crippen molar-refractivity contribution in [3.8, 4) is 0 Å². The molecule has 2 fully saturated rings. The van der Waals surface area contributed by atoms with Crippen LogP contribution in [0.4, 0.5) is 13.6 Å². The monoisotopic (exact) mass is 393 g/mol. The Balaban J connectivity index is 1.73. The van der Waals surface area contributed by atoms with Crippen molar-refractivity contribution in [1.29, 1.82) is 0 Å². The van der Waals surface area contributed by atoms with Gasteiger partial charge in [0.05, 0.1) is 0 Å². The molecule has 6 nitrogen and oxygen atoms in total. The zero-order valence-corrected chi connectivity index (χ0v) is 16.2. The molecule has 1 aliphatic carbocycles. The maximum absolute atomic E-state index is 14.2. The standard InChI is InChI=1S/C20H25F2N3O3/c1-11-5-4-6-16(12(11)2)23-17(26)10-25-18(27)20(3,24-19(25)28)14-9-13(21)7-8-15(14)22/h7-9,11-12,16H,4-6,10H2,1-3H3,(H,23,26)(H,24,28)/t11-,12+,16+,20+/m1/s1. The van der Waals surface area contributed by atoms with Gasteiger partial charge in [0.1, 0.15) is 23.7 Å². The zero-order valence-electron chi connectivity index (χ0n) is 16.2. The summed E-state index contributed by atoms with van der Waals surface area (Å²) in [6, 6.07) is 1.89. The molecule has 1 heterocycles. The maximum Gasteiger partial charge on any atom is 0.325 e. The highest BCUT2D eigenvalue weighted by Gasteiger charge is 2.51. The number of hydrogen-bond acceptors (Lipinski definition) is 3. The largest absolute Gasteiger partial charge is 0.352 e. The lowest BCUT2D eigenvalue weighted by molar-refractivity contribution is -0.135. The summed E-state index contributed by atoms with van der Waals surface area (Å²) in [7, 11) is 0. The second-order valence-electron chi connectivity index (χ2n) is 8.01. The van der Waals surface area contributed by atoms with Crippen LogP contribution in [0.3, 0.4) is 0 Å². The van der Waals surface area contributed by atoms with E-state index in [4.69, 9.17) is 0 Å². The van der Waals surface area contributed by atoms with Gasteiger partial charge in [-0.1, -0.05) is 26.7 Å². The molecule has 3 rings (SSSR count). The topological polar surface area (TPSA) is 78.5 Å². The van der Waals surface area contributed by atoms with Crippen molar-refractivity contribution >= 4 is 17.8 Å². The van der Waals surface area contributed by atoms with Gasteiger partial charge in [-0.25, -0.2) is 13.6 Å². The summed E-state index contributed by atoms with van der Waals surface area (Å²) >= 11 is 0. The van der Waals surface area contributed by atoms with Gasteiger partial charge in [0.2, 0.25) is 5.91 Å². The number of benzene rings is 1. The van der Waals surface area contributed by atoms with Gasteiger partial charge in [-0.15, -0.1) is 0 Å². The van der Waals surface area contributed by atoms with E-state index in [2.05, 4.69) is 24.5 Å². The molecule has 4 amide bonds. The first-order valence-electron chi connectivity index (χ1n) is 9.52. The van der Waals surface area contributed by atoms with E-state index < -0.39 is 41.6 Å². The zero-order chi connectivity index (χ0) is 20.6. The van der Waals surface area contributed by atoms with Gasteiger partial charge in [0.25, 0.3) is 5.91 Å². The first-order chi connectivity index (χ1) is 13.1. The number of rotatable bonds is 4. The van der Waals surface area contributed by atoms with Gasteiger partial charge in [0.15, 0.2) is 0 Å². The van der Waals surface area contributed by atoms with Gasteiger partial charge in [-0.2, -0.15) is 0 Å². The molecular weight excluding hydrogens is 368 g/mol. The van der Waals surface area contributed by atoms with E-state index in [1.54, 1.807) is 0 Å². The molecule has 1 aromatic carbocycles. The molecule has 28 heavy (non-hydrogen) atoms. The smallest absolute Gasteiger partial charge is 0.325 e. The summed E-state index contributed by atoms with van der Waals surface area (Å²) < 4.78 is 27.7. The summed E-state index contributed by atoms with van der Waals surface area (Å²) in [4.78, 5) is 38.3. The first kappa shape index (κ1) is 20.2. The van der Waals surface area contributed by atoms with E-state index in [0.717, 1.165) is 42.4 Å². The van der Waals surface area contributed by atoms with E-state index >= 15 is 0 Å². The van der Waals surface area contributed by atoms with Crippen molar-refractivity contribution < 1.29 is 23.2 Å². The van der Waals surface area contributed by atoms with Crippen LogP contribution in [0.1, 0.15) is 45.6 Å². The Morgan fingerprint density at radius 1 is 1.29 bits per heavy atom. The Hall–Kier alpha value is -2.51. The summed E-state index contributed by atoms with van der Waals surface area (Å²) in [5, 5.41) is 5.30. The van der Waals surface area contributed by atoms with Crippen LogP contribution >= 0.6 is 0 Å². The predicted octanol–water partition coefficient (Wildman–Crippen LogP) is 2.67.